The Morgan fingerprint density at radius 2 is 1.97 bits per heavy atom. The molecule has 0 aliphatic carbocycles. The maximum Gasteiger partial charge on any atom is 0.343 e. The van der Waals surface area contributed by atoms with Gasteiger partial charge in [-0.15, -0.1) is 0 Å². The van der Waals surface area contributed by atoms with Crippen LogP contribution >= 0.6 is 0 Å². The third-order valence-electron chi connectivity index (χ3n) is 5.28. The van der Waals surface area contributed by atoms with Crippen molar-refractivity contribution in [1.29, 1.82) is 0 Å². The molecule has 172 valence electrons. The number of amides is 1. The van der Waals surface area contributed by atoms with Crippen LogP contribution in [0.2, 0.25) is 18.1 Å². The molecule has 0 bridgehead atoms. The minimum atomic E-state index is -1.97. The van der Waals surface area contributed by atoms with Gasteiger partial charge in [0, 0.05) is 6.92 Å². The first-order valence-electron chi connectivity index (χ1n) is 10.3. The zero-order valence-corrected chi connectivity index (χ0v) is 20.6. The fraction of sp³-hybridized carbons (Fsp3) is 0.435. The highest BCUT2D eigenvalue weighted by molar-refractivity contribution is 6.74. The van der Waals surface area contributed by atoms with Crippen LogP contribution in [0.5, 0.6) is 0 Å². The Hall–Kier alpha value is -2.96. The van der Waals surface area contributed by atoms with E-state index in [-0.39, 0.29) is 29.6 Å². The van der Waals surface area contributed by atoms with Crippen molar-refractivity contribution in [3.63, 3.8) is 0 Å². The van der Waals surface area contributed by atoms with Crippen molar-refractivity contribution >= 4 is 26.0 Å². The molecule has 0 fully saturated rings. The Morgan fingerprint density at radius 1 is 1.28 bits per heavy atom. The maximum absolute atomic E-state index is 14.0. The molecule has 0 unspecified atom stereocenters. The van der Waals surface area contributed by atoms with E-state index in [9.17, 15) is 14.0 Å². The van der Waals surface area contributed by atoms with Gasteiger partial charge in [-0.25, -0.2) is 13.9 Å². The van der Waals surface area contributed by atoms with Crippen LogP contribution in [0.25, 0.3) is 5.69 Å². The van der Waals surface area contributed by atoms with Crippen LogP contribution in [0, 0.1) is 17.7 Å². The van der Waals surface area contributed by atoms with Gasteiger partial charge in [0.1, 0.15) is 11.4 Å². The van der Waals surface area contributed by atoms with Crippen molar-refractivity contribution in [2.24, 2.45) is 0 Å². The number of hydrogen-bond donors (Lipinski definition) is 1. The number of aromatic nitrogens is 2. The van der Waals surface area contributed by atoms with E-state index in [2.05, 4.69) is 56.1 Å². The maximum atomic E-state index is 14.0. The number of hydrogen-bond acceptors (Lipinski definition) is 5. The van der Waals surface area contributed by atoms with Crippen LogP contribution in [0.3, 0.4) is 0 Å². The summed E-state index contributed by atoms with van der Waals surface area (Å²) < 4.78 is 26.4. The lowest BCUT2D eigenvalue weighted by molar-refractivity contribution is -0.114. The minimum Gasteiger partial charge on any atom is -0.462 e. The summed E-state index contributed by atoms with van der Waals surface area (Å²) in [7, 11) is -1.97. The average molecular weight is 460 g/mol. The van der Waals surface area contributed by atoms with Crippen molar-refractivity contribution in [1.82, 2.24) is 9.78 Å². The lowest BCUT2D eigenvalue weighted by Crippen LogP contribution is -2.40. The summed E-state index contributed by atoms with van der Waals surface area (Å²) in [6.07, 6.45) is 1.30. The first-order chi connectivity index (χ1) is 14.9. The Kier molecular flexibility index (Phi) is 7.99. The number of anilines is 1. The van der Waals surface area contributed by atoms with Gasteiger partial charge in [0.15, 0.2) is 14.1 Å². The molecule has 1 N–H and O–H groups in total. The number of carbonyl (C=O) groups excluding carboxylic acids is 2. The second-order valence-corrected chi connectivity index (χ2v) is 13.5. The number of nitrogens with zero attached hydrogens (tertiary/aromatic N) is 2. The van der Waals surface area contributed by atoms with E-state index in [4.69, 9.17) is 9.16 Å². The first-order valence-corrected chi connectivity index (χ1v) is 13.2. The van der Waals surface area contributed by atoms with Crippen LogP contribution in [0.4, 0.5) is 10.2 Å². The van der Waals surface area contributed by atoms with E-state index in [1.807, 2.05) is 0 Å². The third kappa shape index (κ3) is 6.05. The van der Waals surface area contributed by atoms with Crippen molar-refractivity contribution in [3.8, 4) is 17.5 Å². The fourth-order valence-corrected chi connectivity index (χ4v) is 3.40. The van der Waals surface area contributed by atoms with E-state index in [0.29, 0.717) is 11.3 Å². The van der Waals surface area contributed by atoms with E-state index in [1.165, 1.54) is 36.0 Å². The molecule has 0 saturated carbocycles. The molecule has 0 atom stereocenters. The summed E-state index contributed by atoms with van der Waals surface area (Å²) in [6, 6.07) is 4.02. The van der Waals surface area contributed by atoms with Crippen LogP contribution in [0.15, 0.2) is 24.4 Å². The molecule has 0 saturated heterocycles. The molecule has 1 heterocycles. The van der Waals surface area contributed by atoms with E-state index in [1.54, 1.807) is 6.92 Å². The smallest absolute Gasteiger partial charge is 0.343 e. The molecule has 1 aromatic heterocycles. The zero-order valence-electron chi connectivity index (χ0n) is 19.6. The fourth-order valence-electron chi connectivity index (χ4n) is 2.53. The highest BCUT2D eigenvalue weighted by Crippen LogP contribution is 2.36. The Balaban J connectivity index is 2.45. The van der Waals surface area contributed by atoms with E-state index >= 15 is 0 Å². The summed E-state index contributed by atoms with van der Waals surface area (Å²) in [6.45, 7) is 14.0. The molecule has 0 radical (unpaired) electrons. The number of carbonyl (C=O) groups is 2. The van der Waals surface area contributed by atoms with Crippen molar-refractivity contribution in [2.45, 2.75) is 52.8 Å². The van der Waals surface area contributed by atoms with Crippen LogP contribution in [-0.4, -0.2) is 43.2 Å². The Labute approximate surface area is 189 Å². The molecule has 1 amide bonds. The summed E-state index contributed by atoms with van der Waals surface area (Å²) >= 11 is 0. The van der Waals surface area contributed by atoms with Crippen LogP contribution in [0.1, 0.15) is 50.5 Å². The molecule has 0 spiro atoms. The third-order valence-corrected chi connectivity index (χ3v) is 9.76. The highest BCUT2D eigenvalue weighted by atomic mass is 28.4. The second-order valence-electron chi connectivity index (χ2n) is 8.73. The van der Waals surface area contributed by atoms with E-state index in [0.717, 1.165) is 0 Å². The number of ether oxygens (including phenoxy) is 1. The van der Waals surface area contributed by atoms with Crippen molar-refractivity contribution in [2.75, 3.05) is 18.5 Å². The van der Waals surface area contributed by atoms with Gasteiger partial charge in [-0.2, -0.15) is 5.10 Å². The molecule has 1 aromatic carbocycles. The van der Waals surface area contributed by atoms with Gasteiger partial charge in [-0.3, -0.25) is 4.79 Å². The largest absolute Gasteiger partial charge is 0.462 e. The Morgan fingerprint density at radius 3 is 2.56 bits per heavy atom. The molecule has 7 nitrogen and oxygen atoms in total. The molecule has 2 aromatic rings. The van der Waals surface area contributed by atoms with Gasteiger partial charge in [-0.1, -0.05) is 32.6 Å². The van der Waals surface area contributed by atoms with Gasteiger partial charge in [0.05, 0.1) is 30.7 Å². The topological polar surface area (TPSA) is 82.4 Å². The standard InChI is InChI=1S/C23H30FN3O4Si/c1-8-30-22(29)19-15-25-27(21(19)26-16(2)28)20-12-11-18(24)14-17(20)10-9-13-31-32(6,7)23(3,4)5/h11-12,14-15H,8,13H2,1-7H3,(H,26,28). The summed E-state index contributed by atoms with van der Waals surface area (Å²) in [5.41, 5.74) is 0.839. The monoisotopic (exact) mass is 459 g/mol. The minimum absolute atomic E-state index is 0.0461. The first kappa shape index (κ1) is 25.3. The normalized spacial score (nSPS) is 11.5. The molecule has 32 heavy (non-hydrogen) atoms. The van der Waals surface area contributed by atoms with Gasteiger partial charge in [-0.05, 0) is 43.3 Å². The molecule has 0 aliphatic heterocycles. The number of rotatable bonds is 6. The number of halogens is 1. The zero-order chi connectivity index (χ0) is 24.1. The quantitative estimate of drug-likeness (QED) is 0.390. The van der Waals surface area contributed by atoms with E-state index < -0.39 is 26.0 Å². The van der Waals surface area contributed by atoms with Gasteiger partial charge in [0.25, 0.3) is 0 Å². The lowest BCUT2D eigenvalue weighted by atomic mass is 10.1. The molecular weight excluding hydrogens is 429 g/mol. The van der Waals surface area contributed by atoms with Crippen molar-refractivity contribution in [3.05, 3.63) is 41.3 Å². The lowest BCUT2D eigenvalue weighted by Gasteiger charge is -2.35. The molecule has 9 heteroatoms. The van der Waals surface area contributed by atoms with Crippen LogP contribution in [-0.2, 0) is 14.0 Å². The summed E-state index contributed by atoms with van der Waals surface area (Å²) in [5, 5.41) is 6.87. The average Bonchev–Trinajstić information content (AvgIpc) is 3.07. The second kappa shape index (κ2) is 10.1. The molecular formula is C23H30FN3O4Si. The van der Waals surface area contributed by atoms with Gasteiger partial charge in [0.2, 0.25) is 5.91 Å². The predicted molar refractivity (Wildman–Crippen MR) is 124 cm³/mol. The SMILES string of the molecule is CCOC(=O)c1cnn(-c2ccc(F)cc2C#CCO[Si](C)(C)C(C)(C)C)c1NC(C)=O. The number of benzene rings is 1. The van der Waals surface area contributed by atoms with Gasteiger partial charge < -0.3 is 14.5 Å². The summed E-state index contributed by atoms with van der Waals surface area (Å²) in [5.74, 6) is 4.53. The molecule has 2 rings (SSSR count). The Bertz CT molecular complexity index is 1060. The van der Waals surface area contributed by atoms with Crippen molar-refractivity contribution < 1.29 is 23.1 Å². The predicted octanol–water partition coefficient (Wildman–Crippen LogP) is 4.52. The number of nitrogens with one attached hydrogen (secondary N) is 1. The highest BCUT2D eigenvalue weighted by Gasteiger charge is 2.36. The van der Waals surface area contributed by atoms with Crippen LogP contribution < -0.4 is 5.32 Å². The summed E-state index contributed by atoms with van der Waals surface area (Å²) in [4.78, 5) is 24.0. The van der Waals surface area contributed by atoms with Gasteiger partial charge >= 0.3 is 5.97 Å². The number of esters is 1. The molecule has 0 aliphatic rings.